The molecule has 1 aromatic carbocycles. The highest BCUT2D eigenvalue weighted by Crippen LogP contribution is 2.42. The fourth-order valence-electron chi connectivity index (χ4n) is 4.76. The van der Waals surface area contributed by atoms with Crippen LogP contribution in [0.25, 0.3) is 10.9 Å². The van der Waals surface area contributed by atoms with Gasteiger partial charge in [-0.25, -0.2) is 0 Å². The second-order valence-corrected chi connectivity index (χ2v) is 25.5. The summed E-state index contributed by atoms with van der Waals surface area (Å²) in [5, 5.41) is 11.7. The van der Waals surface area contributed by atoms with Gasteiger partial charge in [0.15, 0.2) is 25.0 Å². The molecule has 0 spiro atoms. The lowest BCUT2D eigenvalue weighted by atomic mass is 9.79. The summed E-state index contributed by atoms with van der Waals surface area (Å²) < 4.78 is 22.9. The molecule has 5 atom stereocenters. The quantitative estimate of drug-likeness (QED) is 0.468. The third-order valence-electron chi connectivity index (χ3n) is 5.73. The van der Waals surface area contributed by atoms with Gasteiger partial charge in [0, 0.05) is 24.2 Å². The molecule has 0 aliphatic heterocycles. The Morgan fingerprint density at radius 3 is 1.88 bits per heavy atom. The maximum atomic E-state index is 10.5. The van der Waals surface area contributed by atoms with E-state index in [4.69, 9.17) is 13.3 Å². The van der Waals surface area contributed by atoms with E-state index >= 15 is 0 Å². The summed E-state index contributed by atoms with van der Waals surface area (Å²) in [5.74, 6) is 0.00993. The Bertz CT molecular complexity index is 897. The maximum Gasteiger partial charge on any atom is 0.184 e. The number of para-hydroxylation sites is 1. The average Bonchev–Trinajstić information content (AvgIpc) is 3.05. The molecular formula is C24H43NO4Si3. The molecule has 5 nitrogen and oxygen atoms in total. The van der Waals surface area contributed by atoms with Crippen LogP contribution >= 0.6 is 0 Å². The Labute approximate surface area is 197 Å². The zero-order chi connectivity index (χ0) is 23.9. The first kappa shape index (κ1) is 25.9. The molecule has 3 rings (SSSR count). The number of benzene rings is 1. The third-order valence-corrected chi connectivity index (χ3v) is 8.66. The second kappa shape index (κ2) is 9.48. The molecule has 0 radical (unpaired) electrons. The number of aliphatic hydroxyl groups is 1. The van der Waals surface area contributed by atoms with E-state index in [1.807, 2.05) is 0 Å². The highest BCUT2D eigenvalue weighted by molar-refractivity contribution is 6.70. The SMILES string of the molecule is C[Si](C)(C)O[C@H]1[C@H](O[Si](C)(C)C)[C@@H](CO)C[C@@H](n2ccc3ccccc32)[C@@H]1O[Si](C)(C)C. The summed E-state index contributed by atoms with van der Waals surface area (Å²) in [5.41, 5.74) is 1.20. The standard InChI is InChI=1S/C24H43NO4Si3/c1-30(2,3)27-22-19(17-26)16-21(25-15-14-18-12-10-11-13-20(18)25)23(28-31(4,5)6)24(22)29-32(7,8)9/h10-15,19,21-24,26H,16-17H2,1-9H3/t19-,21-,22-,23+,24+/m1/s1. The molecule has 2 aromatic rings. The van der Waals surface area contributed by atoms with Gasteiger partial charge >= 0.3 is 0 Å². The summed E-state index contributed by atoms with van der Waals surface area (Å²) in [7, 11) is -5.66. The van der Waals surface area contributed by atoms with Crippen LogP contribution in [-0.2, 0) is 13.3 Å². The maximum absolute atomic E-state index is 10.5. The van der Waals surface area contributed by atoms with Crippen molar-refractivity contribution in [2.75, 3.05) is 6.61 Å². The van der Waals surface area contributed by atoms with Gasteiger partial charge in [0.1, 0.15) is 0 Å². The molecule has 0 unspecified atom stereocenters. The number of aromatic nitrogens is 1. The van der Waals surface area contributed by atoms with Gasteiger partial charge in [0.25, 0.3) is 0 Å². The van der Waals surface area contributed by atoms with Crippen molar-refractivity contribution < 1.29 is 18.4 Å². The van der Waals surface area contributed by atoms with E-state index < -0.39 is 25.0 Å². The van der Waals surface area contributed by atoms with Crippen LogP contribution in [0.4, 0.5) is 0 Å². The Morgan fingerprint density at radius 2 is 1.31 bits per heavy atom. The monoisotopic (exact) mass is 493 g/mol. The van der Waals surface area contributed by atoms with Crippen molar-refractivity contribution >= 4 is 35.9 Å². The molecule has 0 amide bonds. The normalized spacial score (nSPS) is 27.8. The zero-order valence-corrected chi connectivity index (χ0v) is 24.4. The van der Waals surface area contributed by atoms with Crippen molar-refractivity contribution in [3.05, 3.63) is 36.5 Å². The lowest BCUT2D eigenvalue weighted by Crippen LogP contribution is -2.61. The summed E-state index contributed by atoms with van der Waals surface area (Å²) in [6, 6.07) is 10.8. The van der Waals surface area contributed by atoms with Gasteiger partial charge in [-0.05, 0) is 82.9 Å². The van der Waals surface area contributed by atoms with Crippen molar-refractivity contribution in [1.29, 1.82) is 0 Å². The first-order valence-electron chi connectivity index (χ1n) is 11.9. The highest BCUT2D eigenvalue weighted by atomic mass is 28.4. The molecular weight excluding hydrogens is 451 g/mol. The predicted molar refractivity (Wildman–Crippen MR) is 141 cm³/mol. The van der Waals surface area contributed by atoms with E-state index in [2.05, 4.69) is 100 Å². The first-order chi connectivity index (χ1) is 14.7. The van der Waals surface area contributed by atoms with Crippen LogP contribution in [0, 0.1) is 5.92 Å². The van der Waals surface area contributed by atoms with Crippen molar-refractivity contribution in [2.45, 2.75) is 89.7 Å². The van der Waals surface area contributed by atoms with Gasteiger partial charge in [-0.3, -0.25) is 0 Å². The molecule has 1 N–H and O–H groups in total. The number of rotatable bonds is 8. The molecule has 1 aliphatic rings. The fourth-order valence-corrected chi connectivity index (χ4v) is 8.10. The molecule has 1 fully saturated rings. The Morgan fingerprint density at radius 1 is 0.781 bits per heavy atom. The summed E-state index contributed by atoms with van der Waals surface area (Å²) in [6.45, 7) is 20.2. The molecule has 1 aromatic heterocycles. The van der Waals surface area contributed by atoms with Crippen molar-refractivity contribution in [1.82, 2.24) is 4.57 Å². The fraction of sp³-hybridized carbons (Fsp3) is 0.667. The number of nitrogens with zero attached hydrogens (tertiary/aromatic N) is 1. The van der Waals surface area contributed by atoms with Gasteiger partial charge in [-0.1, -0.05) is 18.2 Å². The minimum absolute atomic E-state index is 0.00993. The van der Waals surface area contributed by atoms with Crippen molar-refractivity contribution in [2.24, 2.45) is 5.92 Å². The smallest absolute Gasteiger partial charge is 0.184 e. The lowest BCUT2D eigenvalue weighted by molar-refractivity contribution is -0.116. The lowest BCUT2D eigenvalue weighted by Gasteiger charge is -2.51. The number of fused-ring (bicyclic) bond motifs is 1. The Balaban J connectivity index is 2.13. The number of hydrogen-bond donors (Lipinski definition) is 1. The first-order valence-corrected chi connectivity index (χ1v) is 22.1. The van der Waals surface area contributed by atoms with E-state index in [1.54, 1.807) is 0 Å². The summed E-state index contributed by atoms with van der Waals surface area (Å²) in [4.78, 5) is 0. The largest absolute Gasteiger partial charge is 0.412 e. The Kier molecular flexibility index (Phi) is 7.66. The summed E-state index contributed by atoms with van der Waals surface area (Å²) in [6.07, 6.45) is 2.52. The highest BCUT2D eigenvalue weighted by Gasteiger charge is 2.50. The predicted octanol–water partition coefficient (Wildman–Crippen LogP) is 5.85. The third kappa shape index (κ3) is 6.43. The van der Waals surface area contributed by atoms with E-state index in [0.29, 0.717) is 0 Å². The van der Waals surface area contributed by atoms with Crippen LogP contribution in [0.1, 0.15) is 12.5 Å². The van der Waals surface area contributed by atoms with Crippen LogP contribution in [0.5, 0.6) is 0 Å². The van der Waals surface area contributed by atoms with Gasteiger partial charge in [0.2, 0.25) is 0 Å². The number of aliphatic hydroxyl groups excluding tert-OH is 1. The Hall–Kier alpha value is -0.749. The van der Waals surface area contributed by atoms with Crippen LogP contribution in [-0.4, -0.2) is 59.5 Å². The summed E-state index contributed by atoms with van der Waals surface area (Å²) >= 11 is 0. The van der Waals surface area contributed by atoms with E-state index in [-0.39, 0.29) is 36.9 Å². The molecule has 0 bridgehead atoms. The molecule has 1 heterocycles. The minimum atomic E-state index is -1.91. The van der Waals surface area contributed by atoms with Crippen molar-refractivity contribution in [3.63, 3.8) is 0 Å². The van der Waals surface area contributed by atoms with Crippen LogP contribution in [0.15, 0.2) is 36.5 Å². The van der Waals surface area contributed by atoms with E-state index in [0.717, 1.165) is 6.42 Å². The minimum Gasteiger partial charge on any atom is -0.412 e. The number of hydrogen-bond acceptors (Lipinski definition) is 4. The van der Waals surface area contributed by atoms with Gasteiger partial charge in [0.05, 0.1) is 24.4 Å². The van der Waals surface area contributed by atoms with Crippen LogP contribution in [0.2, 0.25) is 58.9 Å². The molecule has 1 aliphatic carbocycles. The van der Waals surface area contributed by atoms with Gasteiger partial charge < -0.3 is 23.0 Å². The second-order valence-electron chi connectivity index (χ2n) is 12.1. The molecule has 8 heteroatoms. The van der Waals surface area contributed by atoms with Crippen LogP contribution in [0.3, 0.4) is 0 Å². The van der Waals surface area contributed by atoms with Crippen molar-refractivity contribution in [3.8, 4) is 0 Å². The van der Waals surface area contributed by atoms with E-state index in [9.17, 15) is 5.11 Å². The zero-order valence-electron chi connectivity index (χ0n) is 21.4. The molecule has 180 valence electrons. The van der Waals surface area contributed by atoms with Gasteiger partial charge in [-0.2, -0.15) is 0 Å². The molecule has 1 saturated carbocycles. The molecule has 0 saturated heterocycles. The molecule has 32 heavy (non-hydrogen) atoms. The van der Waals surface area contributed by atoms with E-state index in [1.165, 1.54) is 10.9 Å². The van der Waals surface area contributed by atoms with Crippen LogP contribution < -0.4 is 0 Å². The average molecular weight is 494 g/mol. The van der Waals surface area contributed by atoms with Gasteiger partial charge in [-0.15, -0.1) is 0 Å². The topological polar surface area (TPSA) is 52.8 Å².